The third kappa shape index (κ3) is 3.80. The summed E-state index contributed by atoms with van der Waals surface area (Å²) in [5.41, 5.74) is 0. The Morgan fingerprint density at radius 1 is 1.33 bits per heavy atom. The summed E-state index contributed by atoms with van der Waals surface area (Å²) in [6.07, 6.45) is -0.118. The standard InChI is InChI=1S/C15H19N3O3/c1-12-16-15(17-21-12)14-11-18(8-10-20-14)7-9-19-13-5-3-2-4-6-13/h2-6,14H,7-11H2,1H3/t14-/m0/s1. The van der Waals surface area contributed by atoms with Gasteiger partial charge in [0.2, 0.25) is 11.7 Å². The molecule has 3 rings (SSSR count). The number of rotatable bonds is 5. The largest absolute Gasteiger partial charge is 0.492 e. The number of ether oxygens (including phenoxy) is 2. The maximum atomic E-state index is 5.72. The van der Waals surface area contributed by atoms with Crippen LogP contribution in [0.25, 0.3) is 0 Å². The Kier molecular flexibility index (Phi) is 4.47. The van der Waals surface area contributed by atoms with Crippen molar-refractivity contribution in [2.24, 2.45) is 0 Å². The van der Waals surface area contributed by atoms with Crippen molar-refractivity contribution in [1.82, 2.24) is 15.0 Å². The molecule has 6 heteroatoms. The molecule has 0 radical (unpaired) electrons. The summed E-state index contributed by atoms with van der Waals surface area (Å²) in [6.45, 7) is 5.62. The van der Waals surface area contributed by atoms with Gasteiger partial charge in [0.1, 0.15) is 18.5 Å². The van der Waals surface area contributed by atoms with E-state index in [1.165, 1.54) is 0 Å². The second-order valence-electron chi connectivity index (χ2n) is 4.99. The van der Waals surface area contributed by atoms with Gasteiger partial charge in [-0.1, -0.05) is 23.4 Å². The molecule has 0 amide bonds. The zero-order chi connectivity index (χ0) is 14.5. The first-order valence-corrected chi connectivity index (χ1v) is 7.13. The molecule has 2 aromatic rings. The Morgan fingerprint density at radius 3 is 2.95 bits per heavy atom. The first-order chi connectivity index (χ1) is 10.3. The van der Waals surface area contributed by atoms with Crippen molar-refractivity contribution >= 4 is 0 Å². The van der Waals surface area contributed by atoms with Crippen LogP contribution in [-0.4, -0.2) is 47.9 Å². The molecule has 0 bridgehead atoms. The molecule has 1 aliphatic heterocycles. The molecule has 0 N–H and O–H groups in total. The molecular formula is C15H19N3O3. The third-order valence-electron chi connectivity index (χ3n) is 3.40. The normalized spacial score (nSPS) is 19.6. The lowest BCUT2D eigenvalue weighted by atomic mass is 10.2. The van der Waals surface area contributed by atoms with E-state index in [2.05, 4.69) is 15.0 Å². The minimum Gasteiger partial charge on any atom is -0.492 e. The summed E-state index contributed by atoms with van der Waals surface area (Å²) in [4.78, 5) is 6.53. The van der Waals surface area contributed by atoms with E-state index in [4.69, 9.17) is 14.0 Å². The van der Waals surface area contributed by atoms with Gasteiger partial charge in [-0.05, 0) is 12.1 Å². The lowest BCUT2D eigenvalue weighted by Crippen LogP contribution is -2.40. The first kappa shape index (κ1) is 14.0. The predicted octanol–water partition coefficient (Wildman–Crippen LogP) is 1.83. The molecule has 2 heterocycles. The number of hydrogen-bond donors (Lipinski definition) is 0. The topological polar surface area (TPSA) is 60.6 Å². The number of benzene rings is 1. The lowest BCUT2D eigenvalue weighted by Gasteiger charge is -2.31. The molecule has 6 nitrogen and oxygen atoms in total. The van der Waals surface area contributed by atoms with E-state index in [9.17, 15) is 0 Å². The van der Waals surface area contributed by atoms with Gasteiger partial charge < -0.3 is 14.0 Å². The number of para-hydroxylation sites is 1. The van der Waals surface area contributed by atoms with E-state index < -0.39 is 0 Å². The minimum atomic E-state index is -0.118. The van der Waals surface area contributed by atoms with Crippen LogP contribution in [0.2, 0.25) is 0 Å². The first-order valence-electron chi connectivity index (χ1n) is 7.13. The van der Waals surface area contributed by atoms with Gasteiger partial charge in [0, 0.05) is 26.6 Å². The lowest BCUT2D eigenvalue weighted by molar-refractivity contribution is -0.0379. The summed E-state index contributed by atoms with van der Waals surface area (Å²) in [7, 11) is 0. The Labute approximate surface area is 123 Å². The Hall–Kier alpha value is -1.92. The number of hydrogen-bond acceptors (Lipinski definition) is 6. The maximum Gasteiger partial charge on any atom is 0.223 e. The molecule has 0 spiro atoms. The smallest absolute Gasteiger partial charge is 0.223 e. The van der Waals surface area contributed by atoms with Crippen molar-refractivity contribution in [3.63, 3.8) is 0 Å². The molecular weight excluding hydrogens is 270 g/mol. The van der Waals surface area contributed by atoms with Crippen molar-refractivity contribution in [2.75, 3.05) is 32.8 Å². The van der Waals surface area contributed by atoms with E-state index >= 15 is 0 Å². The fourth-order valence-corrected chi connectivity index (χ4v) is 2.32. The molecule has 1 aromatic heterocycles. The van der Waals surface area contributed by atoms with Crippen molar-refractivity contribution in [2.45, 2.75) is 13.0 Å². The fourth-order valence-electron chi connectivity index (χ4n) is 2.32. The van der Waals surface area contributed by atoms with Crippen molar-refractivity contribution in [3.8, 4) is 5.75 Å². The highest BCUT2D eigenvalue weighted by atomic mass is 16.5. The van der Waals surface area contributed by atoms with Crippen molar-refractivity contribution in [1.29, 1.82) is 0 Å². The van der Waals surface area contributed by atoms with Crippen LogP contribution in [0.15, 0.2) is 34.9 Å². The average molecular weight is 289 g/mol. The second kappa shape index (κ2) is 6.69. The molecule has 1 saturated heterocycles. The highest BCUT2D eigenvalue weighted by Crippen LogP contribution is 2.19. The van der Waals surface area contributed by atoms with Crippen LogP contribution >= 0.6 is 0 Å². The van der Waals surface area contributed by atoms with E-state index in [-0.39, 0.29) is 6.10 Å². The van der Waals surface area contributed by atoms with Gasteiger partial charge in [-0.25, -0.2) is 0 Å². The number of aromatic nitrogens is 2. The van der Waals surface area contributed by atoms with Gasteiger partial charge in [0.05, 0.1) is 6.61 Å². The van der Waals surface area contributed by atoms with Gasteiger partial charge in [-0.3, -0.25) is 4.90 Å². The molecule has 0 saturated carbocycles. The summed E-state index contributed by atoms with van der Waals surface area (Å²) >= 11 is 0. The summed E-state index contributed by atoms with van der Waals surface area (Å²) in [6, 6.07) is 9.85. The van der Waals surface area contributed by atoms with Gasteiger partial charge in [0.25, 0.3) is 0 Å². The molecule has 0 unspecified atom stereocenters. The zero-order valence-electron chi connectivity index (χ0n) is 12.1. The van der Waals surface area contributed by atoms with Crippen molar-refractivity contribution in [3.05, 3.63) is 42.0 Å². The molecule has 1 aromatic carbocycles. The SMILES string of the molecule is Cc1nc([C@@H]2CN(CCOc3ccccc3)CCO2)no1. The van der Waals surface area contributed by atoms with E-state index in [0.717, 1.165) is 25.4 Å². The van der Waals surface area contributed by atoms with Crippen LogP contribution in [0.3, 0.4) is 0 Å². The number of aryl methyl sites for hydroxylation is 1. The quantitative estimate of drug-likeness (QED) is 0.837. The summed E-state index contributed by atoms with van der Waals surface area (Å²) in [5.74, 6) is 2.09. The maximum absolute atomic E-state index is 5.72. The third-order valence-corrected chi connectivity index (χ3v) is 3.40. The molecule has 112 valence electrons. The van der Waals surface area contributed by atoms with E-state index in [1.54, 1.807) is 6.92 Å². The minimum absolute atomic E-state index is 0.118. The van der Waals surface area contributed by atoms with Gasteiger partial charge in [-0.15, -0.1) is 0 Å². The van der Waals surface area contributed by atoms with Gasteiger partial charge >= 0.3 is 0 Å². The van der Waals surface area contributed by atoms with Crippen LogP contribution in [-0.2, 0) is 4.74 Å². The van der Waals surface area contributed by atoms with Crippen LogP contribution in [0.1, 0.15) is 17.8 Å². The Balaban J connectivity index is 1.48. The van der Waals surface area contributed by atoms with Crippen LogP contribution < -0.4 is 4.74 Å². The van der Waals surface area contributed by atoms with Crippen LogP contribution in [0.5, 0.6) is 5.75 Å². The summed E-state index contributed by atoms with van der Waals surface area (Å²) < 4.78 is 16.4. The molecule has 21 heavy (non-hydrogen) atoms. The second-order valence-corrected chi connectivity index (χ2v) is 4.99. The molecule has 0 aliphatic carbocycles. The highest BCUT2D eigenvalue weighted by molar-refractivity contribution is 5.20. The Bertz CT molecular complexity index is 558. The number of morpholine rings is 1. The van der Waals surface area contributed by atoms with Crippen molar-refractivity contribution < 1.29 is 14.0 Å². The average Bonchev–Trinajstić information content (AvgIpc) is 2.95. The highest BCUT2D eigenvalue weighted by Gasteiger charge is 2.25. The molecule has 1 aliphatic rings. The fraction of sp³-hybridized carbons (Fsp3) is 0.467. The zero-order valence-corrected chi connectivity index (χ0v) is 12.1. The predicted molar refractivity (Wildman–Crippen MR) is 76.1 cm³/mol. The monoisotopic (exact) mass is 289 g/mol. The van der Waals surface area contributed by atoms with Crippen LogP contribution in [0.4, 0.5) is 0 Å². The van der Waals surface area contributed by atoms with E-state index in [1.807, 2.05) is 30.3 Å². The van der Waals surface area contributed by atoms with Crippen LogP contribution in [0, 0.1) is 6.92 Å². The number of nitrogens with zero attached hydrogens (tertiary/aromatic N) is 3. The molecule has 1 fully saturated rings. The molecule has 1 atom stereocenters. The van der Waals surface area contributed by atoms with E-state index in [0.29, 0.717) is 24.9 Å². The van der Waals surface area contributed by atoms with Gasteiger partial charge in [0.15, 0.2) is 0 Å². The summed E-state index contributed by atoms with van der Waals surface area (Å²) in [5, 5.41) is 3.93. The van der Waals surface area contributed by atoms with Gasteiger partial charge in [-0.2, -0.15) is 4.98 Å². The Morgan fingerprint density at radius 2 is 2.19 bits per heavy atom.